The Hall–Kier alpha value is -2.32. The third-order valence-electron chi connectivity index (χ3n) is 5.10. The molecule has 0 saturated heterocycles. The van der Waals surface area contributed by atoms with Crippen LogP contribution in [0.15, 0.2) is 30.5 Å². The molecule has 0 saturated carbocycles. The number of nitrogens with one attached hydrogen (secondary N) is 2. The van der Waals surface area contributed by atoms with E-state index in [4.69, 9.17) is 15.3 Å². The van der Waals surface area contributed by atoms with Crippen molar-refractivity contribution in [2.75, 3.05) is 24.2 Å². The fraction of sp³-hybridized carbons (Fsp3) is 0.474. The van der Waals surface area contributed by atoms with E-state index in [0.717, 1.165) is 16.6 Å². The average Bonchev–Trinajstić information content (AvgIpc) is 2.58. The highest BCUT2D eigenvalue weighted by atomic mass is 28.4. The first-order valence-electron chi connectivity index (χ1n) is 9.02. The zero-order chi connectivity index (χ0) is 20.2. The van der Waals surface area contributed by atoms with Crippen molar-refractivity contribution >= 4 is 36.7 Å². The third-order valence-corrected chi connectivity index (χ3v) is 9.61. The van der Waals surface area contributed by atoms with Crippen LogP contribution >= 0.6 is 0 Å². The van der Waals surface area contributed by atoms with Crippen LogP contribution in [-0.4, -0.2) is 43.7 Å². The number of nitrogens with zero attached hydrogens (tertiary/aromatic N) is 1. The molecular formula is C19H30N4O3Si. The molecule has 0 radical (unpaired) electrons. The molecule has 2 rings (SSSR count). The predicted octanol–water partition coefficient (Wildman–Crippen LogP) is 3.89. The summed E-state index contributed by atoms with van der Waals surface area (Å²) >= 11 is 0. The van der Waals surface area contributed by atoms with E-state index in [1.54, 1.807) is 6.20 Å². The summed E-state index contributed by atoms with van der Waals surface area (Å²) in [6.07, 6.45) is 0.544. The fourth-order valence-electron chi connectivity index (χ4n) is 2.41. The minimum Gasteiger partial charge on any atom is -0.465 e. The number of nitrogens with two attached hydrogens (primary N) is 1. The molecule has 1 atom stereocenters. The largest absolute Gasteiger partial charge is 0.465 e. The Kier molecular flexibility index (Phi) is 6.33. The second kappa shape index (κ2) is 8.14. The summed E-state index contributed by atoms with van der Waals surface area (Å²) in [5.74, 6) is 0. The zero-order valence-electron chi connectivity index (χ0n) is 16.7. The minimum atomic E-state index is -1.97. The second-order valence-electron chi connectivity index (χ2n) is 8.20. The molecule has 27 heavy (non-hydrogen) atoms. The van der Waals surface area contributed by atoms with Crippen LogP contribution in [0.2, 0.25) is 18.1 Å². The Morgan fingerprint density at radius 1 is 1.33 bits per heavy atom. The monoisotopic (exact) mass is 390 g/mol. The maximum Gasteiger partial charge on any atom is 0.404 e. The van der Waals surface area contributed by atoms with E-state index in [9.17, 15) is 4.79 Å². The summed E-state index contributed by atoms with van der Waals surface area (Å²) in [5, 5.41) is 15.8. The van der Waals surface area contributed by atoms with Gasteiger partial charge in [0.2, 0.25) is 0 Å². The van der Waals surface area contributed by atoms with Gasteiger partial charge in [0.05, 0.1) is 35.7 Å². The first kappa shape index (κ1) is 21.0. The van der Waals surface area contributed by atoms with Gasteiger partial charge in [-0.2, -0.15) is 0 Å². The van der Waals surface area contributed by atoms with E-state index in [2.05, 4.69) is 49.5 Å². The van der Waals surface area contributed by atoms with Crippen molar-refractivity contribution in [3.05, 3.63) is 30.5 Å². The van der Waals surface area contributed by atoms with Crippen LogP contribution in [0.1, 0.15) is 20.8 Å². The Bertz CT molecular complexity index is 805. The first-order chi connectivity index (χ1) is 12.5. The van der Waals surface area contributed by atoms with Gasteiger partial charge in [0.15, 0.2) is 8.32 Å². The number of hydrogen-bond donors (Lipinski definition) is 4. The minimum absolute atomic E-state index is 0.0696. The number of hydrogen-bond acceptors (Lipinski definition) is 5. The molecule has 148 valence electrons. The number of rotatable bonds is 7. The van der Waals surface area contributed by atoms with Gasteiger partial charge in [-0.15, -0.1) is 0 Å². The summed E-state index contributed by atoms with van der Waals surface area (Å²) in [6.45, 7) is 11.4. The van der Waals surface area contributed by atoms with Crippen LogP contribution < -0.4 is 16.4 Å². The van der Waals surface area contributed by atoms with E-state index >= 15 is 0 Å². The van der Waals surface area contributed by atoms with Crippen molar-refractivity contribution in [1.29, 1.82) is 0 Å². The van der Waals surface area contributed by atoms with Gasteiger partial charge in [0, 0.05) is 11.9 Å². The van der Waals surface area contributed by atoms with Crippen molar-refractivity contribution in [1.82, 2.24) is 10.3 Å². The Balaban J connectivity index is 2.25. The second-order valence-corrected chi connectivity index (χ2v) is 13.0. The van der Waals surface area contributed by atoms with E-state index in [0.29, 0.717) is 12.3 Å². The quantitative estimate of drug-likeness (QED) is 0.534. The molecule has 1 unspecified atom stereocenters. The number of benzene rings is 1. The highest BCUT2D eigenvalue weighted by molar-refractivity contribution is 6.74. The smallest absolute Gasteiger partial charge is 0.404 e. The van der Waals surface area contributed by atoms with Crippen molar-refractivity contribution in [3.8, 4) is 0 Å². The summed E-state index contributed by atoms with van der Waals surface area (Å²) in [6, 6.07) is 7.43. The van der Waals surface area contributed by atoms with Gasteiger partial charge in [0.25, 0.3) is 0 Å². The predicted molar refractivity (Wildman–Crippen MR) is 113 cm³/mol. The molecule has 7 nitrogen and oxygen atoms in total. The Morgan fingerprint density at radius 3 is 2.63 bits per heavy atom. The number of para-hydroxylation sites is 1. The van der Waals surface area contributed by atoms with Gasteiger partial charge in [-0.25, -0.2) is 4.79 Å². The number of fused-ring (bicyclic) bond motifs is 1. The van der Waals surface area contributed by atoms with Crippen LogP contribution in [0.25, 0.3) is 10.9 Å². The van der Waals surface area contributed by atoms with Crippen molar-refractivity contribution in [2.24, 2.45) is 0 Å². The number of aromatic nitrogens is 1. The summed E-state index contributed by atoms with van der Waals surface area (Å²) in [5.41, 5.74) is 8.23. The van der Waals surface area contributed by atoms with Crippen LogP contribution in [0, 0.1) is 0 Å². The normalized spacial score (nSPS) is 13.4. The maximum absolute atomic E-state index is 11.0. The van der Waals surface area contributed by atoms with Gasteiger partial charge < -0.3 is 25.9 Å². The molecule has 0 aliphatic rings. The average molecular weight is 391 g/mol. The lowest BCUT2D eigenvalue weighted by atomic mass is 10.1. The van der Waals surface area contributed by atoms with Gasteiger partial charge in [0.1, 0.15) is 0 Å². The lowest BCUT2D eigenvalue weighted by molar-refractivity contribution is 0.192. The Morgan fingerprint density at radius 2 is 2.00 bits per heavy atom. The standard InChI is InChI=1S/C19H30N4O3Si/c1-19(2,3)27(4,5)26-12-13(10-22-18(24)25)23-17-14-8-6-7-9-16(14)21-11-15(17)20/h6-9,11,13,22H,10,12,20H2,1-5H3,(H,21,23)(H,24,25). The number of nitrogen functional groups attached to an aromatic ring is 1. The molecule has 0 bridgehead atoms. The number of pyridine rings is 1. The van der Waals surface area contributed by atoms with Gasteiger partial charge >= 0.3 is 6.09 Å². The van der Waals surface area contributed by atoms with Gasteiger partial charge in [-0.1, -0.05) is 39.0 Å². The maximum atomic E-state index is 11.0. The van der Waals surface area contributed by atoms with Crippen molar-refractivity contribution < 1.29 is 14.3 Å². The molecule has 0 aliphatic heterocycles. The van der Waals surface area contributed by atoms with Crippen molar-refractivity contribution in [2.45, 2.75) is 44.9 Å². The van der Waals surface area contributed by atoms with Crippen LogP contribution in [-0.2, 0) is 4.43 Å². The number of carbonyl (C=O) groups is 1. The lowest BCUT2D eigenvalue weighted by Gasteiger charge is -2.37. The SMILES string of the molecule is CC(C)(C)[Si](C)(C)OCC(CNC(=O)O)Nc1c(N)cnc2ccccc12. The Labute approximate surface area is 161 Å². The molecule has 0 spiro atoms. The molecule has 1 heterocycles. The summed E-state index contributed by atoms with van der Waals surface area (Å²) < 4.78 is 6.30. The number of carboxylic acid groups (broad SMARTS) is 1. The number of anilines is 2. The molecule has 8 heteroatoms. The van der Waals surface area contributed by atoms with E-state index in [-0.39, 0.29) is 17.6 Å². The third kappa shape index (κ3) is 5.33. The molecule has 5 N–H and O–H groups in total. The van der Waals surface area contributed by atoms with E-state index < -0.39 is 14.4 Å². The first-order valence-corrected chi connectivity index (χ1v) is 11.9. The number of amides is 1. The van der Waals surface area contributed by atoms with E-state index in [1.807, 2.05) is 24.3 Å². The fourth-order valence-corrected chi connectivity index (χ4v) is 3.46. The van der Waals surface area contributed by atoms with E-state index in [1.165, 1.54) is 0 Å². The molecular weight excluding hydrogens is 360 g/mol. The molecule has 1 amide bonds. The zero-order valence-corrected chi connectivity index (χ0v) is 17.7. The molecule has 1 aromatic heterocycles. The van der Waals surface area contributed by atoms with Gasteiger partial charge in [-0.3, -0.25) is 4.98 Å². The van der Waals surface area contributed by atoms with Gasteiger partial charge in [-0.05, 0) is 24.2 Å². The highest BCUT2D eigenvalue weighted by Gasteiger charge is 2.37. The van der Waals surface area contributed by atoms with Crippen LogP contribution in [0.4, 0.5) is 16.2 Å². The molecule has 1 aromatic carbocycles. The lowest BCUT2D eigenvalue weighted by Crippen LogP contribution is -2.46. The molecule has 2 aromatic rings. The topological polar surface area (TPSA) is 110 Å². The van der Waals surface area contributed by atoms with Crippen molar-refractivity contribution in [3.63, 3.8) is 0 Å². The highest BCUT2D eigenvalue weighted by Crippen LogP contribution is 2.36. The molecule has 0 fully saturated rings. The summed E-state index contributed by atoms with van der Waals surface area (Å²) in [7, 11) is -1.97. The molecule has 0 aliphatic carbocycles. The summed E-state index contributed by atoms with van der Waals surface area (Å²) in [4.78, 5) is 15.3. The van der Waals surface area contributed by atoms with Crippen LogP contribution in [0.5, 0.6) is 0 Å². The van der Waals surface area contributed by atoms with Crippen LogP contribution in [0.3, 0.4) is 0 Å².